The molecule has 2 heterocycles. The van der Waals surface area contributed by atoms with Gasteiger partial charge in [0.05, 0.1) is 28.6 Å². The van der Waals surface area contributed by atoms with E-state index in [1.165, 1.54) is 12.1 Å². The van der Waals surface area contributed by atoms with Crippen molar-refractivity contribution in [3.8, 4) is 5.75 Å². The second-order valence-corrected chi connectivity index (χ2v) is 6.38. The lowest BCUT2D eigenvalue weighted by Crippen LogP contribution is -2.18. The molecule has 1 aliphatic rings. The quantitative estimate of drug-likeness (QED) is 0.566. The lowest BCUT2D eigenvalue weighted by molar-refractivity contribution is -0.384. The number of benzene rings is 2. The number of aryl methyl sites for hydroxylation is 1. The largest absolute Gasteiger partial charge is 0.508 e. The van der Waals surface area contributed by atoms with Crippen molar-refractivity contribution >= 4 is 17.1 Å². The number of phenols is 1. The molecule has 0 amide bonds. The Kier molecular flexibility index (Phi) is 4.08. The minimum absolute atomic E-state index is 0.0352. The predicted octanol–water partition coefficient (Wildman–Crippen LogP) is 3.39. The van der Waals surface area contributed by atoms with Crippen LogP contribution in [0.3, 0.4) is 0 Å². The molecule has 0 fully saturated rings. The normalized spacial score (nSPS) is 16.4. The second kappa shape index (κ2) is 6.56. The molecule has 1 aromatic heterocycles. The van der Waals surface area contributed by atoms with E-state index in [0.29, 0.717) is 6.42 Å². The Hall–Kier alpha value is -3.68. The van der Waals surface area contributed by atoms with Crippen LogP contribution in [0.4, 0.5) is 11.4 Å². The molecule has 0 bridgehead atoms. The lowest BCUT2D eigenvalue weighted by atomic mass is 10.0. The molecule has 1 atom stereocenters. The third kappa shape index (κ3) is 3.24. The molecule has 1 aliphatic heterocycles. The number of nitro benzene ring substituents is 1. The molecule has 27 heavy (non-hydrogen) atoms. The van der Waals surface area contributed by atoms with E-state index in [9.17, 15) is 15.2 Å². The van der Waals surface area contributed by atoms with Gasteiger partial charge in [0.1, 0.15) is 5.75 Å². The molecule has 1 N–H and O–H groups in total. The summed E-state index contributed by atoms with van der Waals surface area (Å²) in [7, 11) is 1.85. The summed E-state index contributed by atoms with van der Waals surface area (Å²) < 4.78 is 1.73. The van der Waals surface area contributed by atoms with Crippen LogP contribution in [0.5, 0.6) is 5.75 Å². The van der Waals surface area contributed by atoms with Gasteiger partial charge in [-0.1, -0.05) is 12.1 Å². The van der Waals surface area contributed by atoms with Crippen LogP contribution in [0.25, 0.3) is 0 Å². The molecule has 8 heteroatoms. The number of hydrogen-bond donors (Lipinski definition) is 1. The molecule has 3 aromatic rings. The van der Waals surface area contributed by atoms with Gasteiger partial charge in [-0.2, -0.15) is 10.2 Å². The smallest absolute Gasteiger partial charge is 0.269 e. The average molecular weight is 363 g/mol. The number of aromatic hydroxyl groups is 1. The summed E-state index contributed by atoms with van der Waals surface area (Å²) in [5, 5.41) is 31.5. The second-order valence-electron chi connectivity index (χ2n) is 6.38. The van der Waals surface area contributed by atoms with Gasteiger partial charge in [0.15, 0.2) is 0 Å². The van der Waals surface area contributed by atoms with Crippen molar-refractivity contribution in [1.82, 2.24) is 9.78 Å². The summed E-state index contributed by atoms with van der Waals surface area (Å²) in [4.78, 5) is 10.5. The van der Waals surface area contributed by atoms with E-state index in [1.807, 2.05) is 24.3 Å². The van der Waals surface area contributed by atoms with Crippen LogP contribution >= 0.6 is 0 Å². The zero-order chi connectivity index (χ0) is 19.0. The van der Waals surface area contributed by atoms with Crippen molar-refractivity contribution in [2.24, 2.45) is 12.1 Å². The number of hydrogen-bond acceptors (Lipinski definition) is 6. The number of nitro groups is 1. The van der Waals surface area contributed by atoms with Gasteiger partial charge in [0.2, 0.25) is 0 Å². The van der Waals surface area contributed by atoms with Crippen LogP contribution in [0.1, 0.15) is 23.6 Å². The highest BCUT2D eigenvalue weighted by Gasteiger charge is 2.31. The molecular formula is C19H17N5O3. The van der Waals surface area contributed by atoms with E-state index in [0.717, 1.165) is 22.5 Å². The van der Waals surface area contributed by atoms with Gasteiger partial charge in [-0.3, -0.25) is 19.8 Å². The maximum absolute atomic E-state index is 10.9. The van der Waals surface area contributed by atoms with E-state index < -0.39 is 4.92 Å². The first kappa shape index (κ1) is 16.8. The van der Waals surface area contributed by atoms with E-state index in [1.54, 1.807) is 41.2 Å². The zero-order valence-electron chi connectivity index (χ0n) is 14.6. The standard InChI is InChI=1S/C19H17N5O3/c1-22-12-14(11-20-22)19-10-18(13-3-2-4-17(25)9-13)21-23(19)15-5-7-16(8-6-15)24(26)27/h2-9,11-12,19,25H,10H2,1H3. The molecule has 2 aromatic carbocycles. The van der Waals surface area contributed by atoms with Gasteiger partial charge >= 0.3 is 0 Å². The first-order chi connectivity index (χ1) is 13.0. The molecule has 0 spiro atoms. The zero-order valence-corrected chi connectivity index (χ0v) is 14.6. The molecule has 136 valence electrons. The van der Waals surface area contributed by atoms with Crippen molar-refractivity contribution in [3.05, 3.63) is 82.2 Å². The summed E-state index contributed by atoms with van der Waals surface area (Å²) in [5.74, 6) is 0.182. The average Bonchev–Trinajstić information content (AvgIpc) is 3.28. The molecule has 0 aliphatic carbocycles. The lowest BCUT2D eigenvalue weighted by Gasteiger charge is -2.22. The number of phenolic OH excluding ortho intramolecular Hbond substituents is 1. The molecular weight excluding hydrogens is 346 g/mol. The third-order valence-corrected chi connectivity index (χ3v) is 4.52. The highest BCUT2D eigenvalue weighted by molar-refractivity contribution is 6.03. The Morgan fingerprint density at radius 1 is 1.22 bits per heavy atom. The monoisotopic (exact) mass is 363 g/mol. The summed E-state index contributed by atoms with van der Waals surface area (Å²) in [5.41, 5.74) is 3.46. The molecule has 0 saturated carbocycles. The number of anilines is 1. The molecule has 8 nitrogen and oxygen atoms in total. The van der Waals surface area contributed by atoms with Gasteiger partial charge in [0.25, 0.3) is 5.69 Å². The minimum atomic E-state index is -0.423. The Balaban J connectivity index is 1.74. The Morgan fingerprint density at radius 3 is 2.63 bits per heavy atom. The topological polar surface area (TPSA) is 96.8 Å². The van der Waals surface area contributed by atoms with Crippen LogP contribution in [-0.2, 0) is 7.05 Å². The number of aromatic nitrogens is 2. The van der Waals surface area contributed by atoms with Crippen LogP contribution in [-0.4, -0.2) is 25.5 Å². The summed E-state index contributed by atoms with van der Waals surface area (Å²) in [6.45, 7) is 0. The van der Waals surface area contributed by atoms with Crippen LogP contribution in [0.15, 0.2) is 66.0 Å². The Bertz CT molecular complexity index is 1030. The maximum Gasteiger partial charge on any atom is 0.269 e. The molecule has 0 saturated heterocycles. The highest BCUT2D eigenvalue weighted by Crippen LogP contribution is 2.37. The summed E-state index contributed by atoms with van der Waals surface area (Å²) >= 11 is 0. The SMILES string of the molecule is Cn1cc(C2CC(c3cccc(O)c3)=NN2c2ccc([N+](=O)[O-])cc2)cn1. The van der Waals surface area contributed by atoms with Gasteiger partial charge in [-0.25, -0.2) is 0 Å². The van der Waals surface area contributed by atoms with Crippen LogP contribution in [0, 0.1) is 10.1 Å². The van der Waals surface area contributed by atoms with E-state index in [4.69, 9.17) is 5.10 Å². The molecule has 0 radical (unpaired) electrons. The fourth-order valence-corrected chi connectivity index (χ4v) is 3.21. The third-order valence-electron chi connectivity index (χ3n) is 4.52. The van der Waals surface area contributed by atoms with Crippen molar-refractivity contribution in [1.29, 1.82) is 0 Å². The van der Waals surface area contributed by atoms with Gasteiger partial charge in [-0.05, 0) is 24.3 Å². The molecule has 1 unspecified atom stereocenters. The van der Waals surface area contributed by atoms with E-state index in [-0.39, 0.29) is 17.5 Å². The number of rotatable bonds is 4. The minimum Gasteiger partial charge on any atom is -0.508 e. The Labute approximate surface area is 155 Å². The summed E-state index contributed by atoms with van der Waals surface area (Å²) in [6, 6.07) is 13.2. The molecule has 4 rings (SSSR count). The van der Waals surface area contributed by atoms with Crippen molar-refractivity contribution in [2.75, 3.05) is 5.01 Å². The first-order valence-electron chi connectivity index (χ1n) is 8.40. The number of nitrogens with zero attached hydrogens (tertiary/aromatic N) is 5. The predicted molar refractivity (Wildman–Crippen MR) is 101 cm³/mol. The highest BCUT2D eigenvalue weighted by atomic mass is 16.6. The Morgan fingerprint density at radius 2 is 2.00 bits per heavy atom. The van der Waals surface area contributed by atoms with Crippen molar-refractivity contribution < 1.29 is 10.0 Å². The maximum atomic E-state index is 10.9. The van der Waals surface area contributed by atoms with Crippen LogP contribution < -0.4 is 5.01 Å². The summed E-state index contributed by atoms with van der Waals surface area (Å²) in [6.07, 6.45) is 4.36. The van der Waals surface area contributed by atoms with Gasteiger partial charge in [-0.15, -0.1) is 0 Å². The van der Waals surface area contributed by atoms with Crippen molar-refractivity contribution in [2.45, 2.75) is 12.5 Å². The van der Waals surface area contributed by atoms with Crippen LogP contribution in [0.2, 0.25) is 0 Å². The van der Waals surface area contributed by atoms with E-state index >= 15 is 0 Å². The van der Waals surface area contributed by atoms with Gasteiger partial charge < -0.3 is 5.11 Å². The van der Waals surface area contributed by atoms with Gasteiger partial charge in [0, 0.05) is 42.9 Å². The fourth-order valence-electron chi connectivity index (χ4n) is 3.21. The van der Waals surface area contributed by atoms with E-state index in [2.05, 4.69) is 5.10 Å². The number of non-ortho nitro benzene ring substituents is 1. The first-order valence-corrected chi connectivity index (χ1v) is 8.40. The van der Waals surface area contributed by atoms with Crippen molar-refractivity contribution in [3.63, 3.8) is 0 Å². The fraction of sp³-hybridized carbons (Fsp3) is 0.158. The number of hydrazone groups is 1.